The van der Waals surface area contributed by atoms with Crippen LogP contribution in [0.2, 0.25) is 0 Å². The van der Waals surface area contributed by atoms with Crippen LogP contribution < -0.4 is 16.0 Å². The summed E-state index contributed by atoms with van der Waals surface area (Å²) >= 11 is 1.54. The van der Waals surface area contributed by atoms with Crippen molar-refractivity contribution in [2.75, 3.05) is 11.9 Å². The van der Waals surface area contributed by atoms with Gasteiger partial charge < -0.3 is 10.6 Å². The maximum atomic E-state index is 14.9. The summed E-state index contributed by atoms with van der Waals surface area (Å²) in [5, 5.41) is 1.83. The van der Waals surface area contributed by atoms with E-state index >= 15 is 0 Å². The highest BCUT2D eigenvalue weighted by Gasteiger charge is 2.30. The number of hydrogen-bond donors (Lipinski definition) is 2. The monoisotopic (exact) mass is 547 g/mol. The molecule has 4 aromatic rings. The molecule has 10 heteroatoms. The standard InChI is InChI=1S/C29H28F2N6OS/c1-15-22-23(16(2)39-15)26(24-20(30)10-7-11-21(24)31)33-13-17-14-34-28(36-25(17)22)35-18-8-6-9-19(12-18)37(5)27(38)29(3,4)32/h6-12,14H,13,32H2,1-5H3,(H,34,35,36)/p+1. The average molecular weight is 548 g/mol. The van der Waals surface area contributed by atoms with Crippen LogP contribution in [0.3, 0.4) is 0 Å². The lowest BCUT2D eigenvalue weighted by atomic mass is 9.95. The number of likely N-dealkylation sites (N-methyl/N-ethyl adjacent to an activating group) is 1. The molecule has 0 fully saturated rings. The Hall–Kier alpha value is -3.86. The van der Waals surface area contributed by atoms with Crippen LogP contribution in [0.15, 0.2) is 53.7 Å². The van der Waals surface area contributed by atoms with Crippen LogP contribution in [0.1, 0.15) is 40.3 Å². The Labute approximate surface area is 229 Å². The van der Waals surface area contributed by atoms with Gasteiger partial charge in [0.2, 0.25) is 5.91 Å². The molecule has 2 aromatic carbocycles. The Morgan fingerprint density at radius 3 is 2.41 bits per heavy atom. The summed E-state index contributed by atoms with van der Waals surface area (Å²) in [6.45, 7) is 7.43. The predicted octanol–water partition coefficient (Wildman–Crippen LogP) is 4.68. The molecule has 7 nitrogen and oxygen atoms in total. The van der Waals surface area contributed by atoms with Gasteiger partial charge in [-0.3, -0.25) is 9.79 Å². The number of amides is 1. The smallest absolute Gasteiger partial charge is 0.318 e. The molecule has 200 valence electrons. The number of benzene rings is 2. The minimum atomic E-state index is -1.00. The first-order chi connectivity index (χ1) is 18.5. The van der Waals surface area contributed by atoms with Crippen molar-refractivity contribution < 1.29 is 18.9 Å². The average Bonchev–Trinajstić information content (AvgIpc) is 3.07. The van der Waals surface area contributed by atoms with Crippen molar-refractivity contribution in [3.8, 4) is 11.3 Å². The Morgan fingerprint density at radius 2 is 1.72 bits per heavy atom. The molecule has 0 bridgehead atoms. The van der Waals surface area contributed by atoms with Gasteiger partial charge in [-0.25, -0.2) is 14.1 Å². The second kappa shape index (κ2) is 10.0. The van der Waals surface area contributed by atoms with Gasteiger partial charge in [0.05, 0.1) is 29.1 Å². The third kappa shape index (κ3) is 4.98. The summed E-state index contributed by atoms with van der Waals surface area (Å²) < 4.78 is 29.7. The molecule has 2 aromatic heterocycles. The van der Waals surface area contributed by atoms with Crippen molar-refractivity contribution in [2.24, 2.45) is 10.7 Å². The molecular formula is C29H29F2N6OS+. The van der Waals surface area contributed by atoms with E-state index in [4.69, 9.17) is 10.7 Å². The van der Waals surface area contributed by atoms with Crippen LogP contribution in [0, 0.1) is 25.5 Å². The third-order valence-electron chi connectivity index (χ3n) is 6.63. The number of halogens is 2. The summed E-state index contributed by atoms with van der Waals surface area (Å²) in [6.07, 6.45) is 1.71. The number of aryl methyl sites for hydroxylation is 2. The van der Waals surface area contributed by atoms with Crippen LogP contribution in [0.5, 0.6) is 0 Å². The third-order valence-corrected chi connectivity index (χ3v) is 7.65. The van der Waals surface area contributed by atoms with E-state index in [-0.39, 0.29) is 23.7 Å². The van der Waals surface area contributed by atoms with Crippen molar-refractivity contribution in [3.63, 3.8) is 0 Å². The number of carbonyl (C=O) groups excluding carboxylic acids is 1. The number of anilines is 1. The molecule has 0 spiro atoms. The molecule has 1 amide bonds. The van der Waals surface area contributed by atoms with E-state index in [1.54, 1.807) is 38.4 Å². The quantitative estimate of drug-likeness (QED) is 0.355. The number of carbonyl (C=O) groups is 1. The lowest BCUT2D eigenvalue weighted by Crippen LogP contribution is -2.72. The van der Waals surface area contributed by atoms with Gasteiger partial charge in [0.25, 0.3) is 0 Å². The minimum Gasteiger partial charge on any atom is -0.318 e. The number of nitrogens with zero attached hydrogens (tertiary/aromatic N) is 4. The van der Waals surface area contributed by atoms with E-state index in [2.05, 4.69) is 9.98 Å². The fourth-order valence-corrected chi connectivity index (χ4v) is 5.83. The second-order valence-corrected chi connectivity index (χ2v) is 11.6. The van der Waals surface area contributed by atoms with Crippen molar-refractivity contribution in [3.05, 3.63) is 86.7 Å². The number of aliphatic imine (C=N–C) groups is 1. The topological polar surface area (TPSA) is 101 Å². The first-order valence-electron chi connectivity index (χ1n) is 12.4. The lowest BCUT2D eigenvalue weighted by Gasteiger charge is -2.25. The van der Waals surface area contributed by atoms with E-state index in [9.17, 15) is 13.6 Å². The zero-order valence-electron chi connectivity index (χ0n) is 22.3. The van der Waals surface area contributed by atoms with Crippen molar-refractivity contribution in [2.45, 2.75) is 39.8 Å². The van der Waals surface area contributed by atoms with Crippen LogP contribution in [0.4, 0.5) is 26.1 Å². The normalized spacial score (nSPS) is 12.9. The molecule has 0 unspecified atom stereocenters. The molecule has 4 N–H and O–H groups in total. The molecular weight excluding hydrogens is 518 g/mol. The molecule has 0 saturated heterocycles. The number of thiophene rings is 1. The molecule has 39 heavy (non-hydrogen) atoms. The zero-order valence-corrected chi connectivity index (χ0v) is 23.2. The lowest BCUT2D eigenvalue weighted by molar-refractivity contribution is -0.487. The zero-order chi connectivity index (χ0) is 28.1. The fraction of sp³-hybridized carbons (Fsp3) is 0.241. The summed E-state index contributed by atoms with van der Waals surface area (Å²) in [4.78, 5) is 30.2. The van der Waals surface area contributed by atoms with Gasteiger partial charge in [0, 0.05) is 51.4 Å². The van der Waals surface area contributed by atoms with Gasteiger partial charge in [-0.15, -0.1) is 11.3 Å². The van der Waals surface area contributed by atoms with Crippen molar-refractivity contribution in [1.29, 1.82) is 0 Å². The Morgan fingerprint density at radius 1 is 1.05 bits per heavy atom. The first kappa shape index (κ1) is 26.7. The number of rotatable bonds is 5. The largest absolute Gasteiger partial charge is 0.331 e. The number of nitrogens with two attached hydrogens (primary N) is 2. The highest BCUT2D eigenvalue weighted by atomic mass is 32.1. The second-order valence-electron chi connectivity index (χ2n) is 10.2. The van der Waals surface area contributed by atoms with E-state index in [1.807, 2.05) is 43.4 Å². The number of hydrogen-bond acceptors (Lipinski definition) is 6. The molecule has 5 rings (SSSR count). The minimum absolute atomic E-state index is 0.136. The van der Waals surface area contributed by atoms with Crippen LogP contribution in [-0.4, -0.2) is 34.2 Å². The maximum Gasteiger partial charge on any atom is 0.331 e. The molecule has 0 radical (unpaired) electrons. The fourth-order valence-electron chi connectivity index (χ4n) is 4.77. The van der Waals surface area contributed by atoms with E-state index < -0.39 is 17.2 Å². The van der Waals surface area contributed by atoms with E-state index in [1.165, 1.54) is 23.1 Å². The number of aromatic nitrogens is 2. The SMILES string of the molecule is Cc1sc(C)c2c1C(c1c(F)cccc1F)=NCc1cnc([NH2+]c3cccc(N(C)C(=O)C(C)(C)N)c3)nc1-2. The highest BCUT2D eigenvalue weighted by Crippen LogP contribution is 2.41. The van der Waals surface area contributed by atoms with Gasteiger partial charge in [0.1, 0.15) is 17.3 Å². The highest BCUT2D eigenvalue weighted by molar-refractivity contribution is 7.12. The molecule has 1 aliphatic rings. The number of quaternary nitrogens is 1. The summed E-state index contributed by atoms with van der Waals surface area (Å²) in [6, 6.07) is 11.3. The van der Waals surface area contributed by atoms with E-state index in [0.29, 0.717) is 22.9 Å². The molecule has 1 aliphatic heterocycles. The summed E-state index contributed by atoms with van der Waals surface area (Å²) in [7, 11) is 1.69. The maximum absolute atomic E-state index is 14.9. The Balaban J connectivity index is 1.54. The molecule has 0 atom stereocenters. The number of fused-ring (bicyclic) bond motifs is 3. The summed E-state index contributed by atoms with van der Waals surface area (Å²) in [5.74, 6) is -1.06. The molecule has 0 saturated carbocycles. The van der Waals surface area contributed by atoms with E-state index in [0.717, 1.165) is 26.6 Å². The summed E-state index contributed by atoms with van der Waals surface area (Å²) in [5.41, 5.74) is 9.61. The van der Waals surface area contributed by atoms with Crippen LogP contribution >= 0.6 is 11.3 Å². The van der Waals surface area contributed by atoms with Crippen molar-refractivity contribution >= 4 is 40.3 Å². The molecule has 0 aliphatic carbocycles. The van der Waals surface area contributed by atoms with Crippen LogP contribution in [-0.2, 0) is 11.3 Å². The van der Waals surface area contributed by atoms with Crippen molar-refractivity contribution in [1.82, 2.24) is 9.97 Å². The predicted molar refractivity (Wildman–Crippen MR) is 150 cm³/mol. The Bertz CT molecular complexity index is 1620. The van der Waals surface area contributed by atoms with Gasteiger partial charge in [-0.2, -0.15) is 9.97 Å². The first-order valence-corrected chi connectivity index (χ1v) is 13.2. The Kier molecular flexibility index (Phi) is 6.88. The molecule has 3 heterocycles. The van der Waals surface area contributed by atoms with Gasteiger partial charge >= 0.3 is 5.95 Å². The van der Waals surface area contributed by atoms with Gasteiger partial charge in [0.15, 0.2) is 0 Å². The van der Waals surface area contributed by atoms with Gasteiger partial charge in [-0.05, 0) is 52.0 Å². The van der Waals surface area contributed by atoms with Crippen LogP contribution in [0.25, 0.3) is 11.3 Å². The van der Waals surface area contributed by atoms with Gasteiger partial charge in [-0.1, -0.05) is 12.1 Å².